The third-order valence-corrected chi connectivity index (χ3v) is 4.47. The molecule has 0 heterocycles. The molecular formula is C22H34O5. The van der Waals surface area contributed by atoms with Crippen molar-refractivity contribution in [3.05, 3.63) is 34.9 Å². The molecule has 0 radical (unpaired) electrons. The number of carboxylic acid groups (broad SMARTS) is 2. The van der Waals surface area contributed by atoms with Crippen molar-refractivity contribution in [2.24, 2.45) is 0 Å². The van der Waals surface area contributed by atoms with E-state index in [1.54, 1.807) is 0 Å². The fourth-order valence-corrected chi connectivity index (χ4v) is 2.81. The number of benzene rings is 1. The number of unbranched alkanes of at least 4 members (excludes halogenated alkanes) is 10. The molecule has 1 aromatic rings. The first-order valence-corrected chi connectivity index (χ1v) is 9.95. The molecule has 0 spiro atoms. The van der Waals surface area contributed by atoms with Crippen LogP contribution in [0.15, 0.2) is 18.2 Å². The predicted octanol–water partition coefficient (Wildman–Crippen LogP) is 5.89. The van der Waals surface area contributed by atoms with Gasteiger partial charge in [0.25, 0.3) is 0 Å². The van der Waals surface area contributed by atoms with Gasteiger partial charge in [-0.05, 0) is 31.0 Å². The zero-order valence-electron chi connectivity index (χ0n) is 16.7. The fourth-order valence-electron chi connectivity index (χ4n) is 2.81. The van der Waals surface area contributed by atoms with E-state index in [1.807, 2.05) is 0 Å². The Balaban J connectivity index is 0.000000501. The maximum absolute atomic E-state index is 10.6. The summed E-state index contributed by atoms with van der Waals surface area (Å²) in [5, 5.41) is 17.4. The van der Waals surface area contributed by atoms with Gasteiger partial charge in [-0.1, -0.05) is 70.8 Å². The second-order valence-corrected chi connectivity index (χ2v) is 6.73. The third-order valence-electron chi connectivity index (χ3n) is 4.47. The quantitative estimate of drug-likeness (QED) is 0.330. The van der Waals surface area contributed by atoms with Crippen LogP contribution >= 0.6 is 0 Å². The first kappa shape index (κ1) is 24.8. The number of carboxylic acids is 2. The highest BCUT2D eigenvalue weighted by Gasteiger charge is 2.13. The van der Waals surface area contributed by atoms with E-state index < -0.39 is 11.9 Å². The third kappa shape index (κ3) is 11.9. The molecule has 0 saturated heterocycles. The van der Waals surface area contributed by atoms with Gasteiger partial charge in [0.05, 0.1) is 11.1 Å². The van der Waals surface area contributed by atoms with Gasteiger partial charge >= 0.3 is 11.9 Å². The van der Waals surface area contributed by atoms with Gasteiger partial charge in [-0.3, -0.25) is 0 Å². The molecule has 0 aliphatic rings. The predicted molar refractivity (Wildman–Crippen MR) is 108 cm³/mol. The van der Waals surface area contributed by atoms with Crippen molar-refractivity contribution < 1.29 is 24.6 Å². The minimum Gasteiger partial charge on any atom is -0.478 e. The standard InChI is InChI=1S/C13H26O.C9H8O4/c1-2-3-4-5-6-7-8-9-10-11-12-13-14;1-5-6(8(10)11)3-2-4-7(5)9(12)13/h13H,2-12H2,1H3;2-4H,1H3,(H,10,11)(H,12,13). The average molecular weight is 379 g/mol. The number of hydrogen-bond donors (Lipinski definition) is 2. The monoisotopic (exact) mass is 378 g/mol. The van der Waals surface area contributed by atoms with Gasteiger partial charge in [-0.25, -0.2) is 9.59 Å². The van der Waals surface area contributed by atoms with Crippen LogP contribution in [0.5, 0.6) is 0 Å². The molecular weight excluding hydrogens is 344 g/mol. The lowest BCUT2D eigenvalue weighted by molar-refractivity contribution is -0.107. The van der Waals surface area contributed by atoms with Crippen LogP contribution in [0.1, 0.15) is 104 Å². The highest BCUT2D eigenvalue weighted by Crippen LogP contribution is 2.13. The molecule has 0 aromatic heterocycles. The van der Waals surface area contributed by atoms with Gasteiger partial charge in [0.2, 0.25) is 0 Å². The van der Waals surface area contributed by atoms with Gasteiger partial charge < -0.3 is 15.0 Å². The van der Waals surface area contributed by atoms with E-state index in [4.69, 9.17) is 10.2 Å². The summed E-state index contributed by atoms with van der Waals surface area (Å²) in [4.78, 5) is 31.2. The van der Waals surface area contributed by atoms with Crippen molar-refractivity contribution >= 4 is 18.2 Å². The van der Waals surface area contributed by atoms with Crippen LogP contribution in [0.4, 0.5) is 0 Å². The van der Waals surface area contributed by atoms with Crippen LogP contribution in [0, 0.1) is 6.92 Å². The number of aldehydes is 1. The van der Waals surface area contributed by atoms with E-state index in [-0.39, 0.29) is 16.7 Å². The molecule has 0 fully saturated rings. The molecule has 0 unspecified atom stereocenters. The number of aromatic carboxylic acids is 2. The highest BCUT2D eigenvalue weighted by molar-refractivity contribution is 5.96. The van der Waals surface area contributed by atoms with Crippen LogP contribution in [0.3, 0.4) is 0 Å². The molecule has 5 heteroatoms. The van der Waals surface area contributed by atoms with E-state index in [0.717, 1.165) is 19.1 Å². The first-order chi connectivity index (χ1) is 13.0. The Labute approximate surface area is 162 Å². The number of rotatable bonds is 13. The summed E-state index contributed by atoms with van der Waals surface area (Å²) in [6, 6.07) is 4.17. The molecule has 152 valence electrons. The molecule has 0 aliphatic heterocycles. The van der Waals surface area contributed by atoms with Crippen molar-refractivity contribution in [3.63, 3.8) is 0 Å². The maximum Gasteiger partial charge on any atom is 0.335 e. The van der Waals surface area contributed by atoms with Crippen molar-refractivity contribution in [2.45, 2.75) is 84.5 Å². The number of carbonyl (C=O) groups excluding carboxylic acids is 1. The van der Waals surface area contributed by atoms with Gasteiger partial charge in [0.1, 0.15) is 6.29 Å². The van der Waals surface area contributed by atoms with Gasteiger partial charge in [0, 0.05) is 6.42 Å². The molecule has 0 amide bonds. The molecule has 1 rings (SSSR count). The largest absolute Gasteiger partial charge is 0.478 e. The van der Waals surface area contributed by atoms with Crippen molar-refractivity contribution in [3.8, 4) is 0 Å². The molecule has 2 N–H and O–H groups in total. The van der Waals surface area contributed by atoms with Crippen LogP contribution in [-0.4, -0.2) is 28.4 Å². The lowest BCUT2D eigenvalue weighted by Gasteiger charge is -2.03. The Bertz CT molecular complexity index is 534. The number of hydrogen-bond acceptors (Lipinski definition) is 3. The van der Waals surface area contributed by atoms with Crippen LogP contribution in [0.2, 0.25) is 0 Å². The minimum atomic E-state index is -1.11. The topological polar surface area (TPSA) is 91.7 Å². The number of carbonyl (C=O) groups is 3. The highest BCUT2D eigenvalue weighted by atomic mass is 16.4. The molecule has 1 aromatic carbocycles. The Morgan fingerprint density at radius 2 is 1.22 bits per heavy atom. The van der Waals surface area contributed by atoms with E-state index in [2.05, 4.69) is 6.92 Å². The van der Waals surface area contributed by atoms with Crippen molar-refractivity contribution in [2.75, 3.05) is 0 Å². The summed E-state index contributed by atoms with van der Waals surface area (Å²) >= 11 is 0. The Kier molecular flexibility index (Phi) is 14.7. The summed E-state index contributed by atoms with van der Waals surface area (Å²) in [5.74, 6) is -2.22. The second kappa shape index (κ2) is 16.0. The van der Waals surface area contributed by atoms with Crippen LogP contribution < -0.4 is 0 Å². The van der Waals surface area contributed by atoms with E-state index in [9.17, 15) is 14.4 Å². The maximum atomic E-state index is 10.6. The Morgan fingerprint density at radius 1 is 0.815 bits per heavy atom. The molecule has 27 heavy (non-hydrogen) atoms. The molecule has 0 atom stereocenters. The zero-order valence-corrected chi connectivity index (χ0v) is 16.7. The molecule has 0 bridgehead atoms. The summed E-state index contributed by atoms with van der Waals surface area (Å²) in [7, 11) is 0. The lowest BCUT2D eigenvalue weighted by atomic mass is 10.0. The molecule has 5 nitrogen and oxygen atoms in total. The summed E-state index contributed by atoms with van der Waals surface area (Å²) < 4.78 is 0. The molecule has 0 saturated carbocycles. The Hall–Kier alpha value is -2.17. The summed E-state index contributed by atoms with van der Waals surface area (Å²) in [5.41, 5.74) is 0.335. The van der Waals surface area contributed by atoms with Gasteiger partial charge in [0.15, 0.2) is 0 Å². The van der Waals surface area contributed by atoms with Gasteiger partial charge in [-0.2, -0.15) is 0 Å². The summed E-state index contributed by atoms with van der Waals surface area (Å²) in [6.07, 6.45) is 15.2. The van der Waals surface area contributed by atoms with E-state index in [1.165, 1.54) is 82.9 Å². The van der Waals surface area contributed by atoms with E-state index in [0.29, 0.717) is 0 Å². The SMILES string of the molecule is CCCCCCCCCCCCC=O.Cc1c(C(=O)O)cccc1C(=O)O. The van der Waals surface area contributed by atoms with E-state index >= 15 is 0 Å². The van der Waals surface area contributed by atoms with Crippen molar-refractivity contribution in [1.29, 1.82) is 0 Å². The van der Waals surface area contributed by atoms with Crippen molar-refractivity contribution in [1.82, 2.24) is 0 Å². The Morgan fingerprint density at radius 3 is 1.59 bits per heavy atom. The smallest absolute Gasteiger partial charge is 0.335 e. The minimum absolute atomic E-state index is 0.0277. The molecule has 0 aliphatic carbocycles. The van der Waals surface area contributed by atoms with Gasteiger partial charge in [-0.15, -0.1) is 0 Å². The average Bonchev–Trinajstić information content (AvgIpc) is 2.63. The first-order valence-electron chi connectivity index (χ1n) is 9.95. The second-order valence-electron chi connectivity index (χ2n) is 6.73. The fraction of sp³-hybridized carbons (Fsp3) is 0.591. The normalized spacial score (nSPS) is 10.0. The lowest BCUT2D eigenvalue weighted by Crippen LogP contribution is -2.06. The zero-order chi connectivity index (χ0) is 20.5. The van der Waals surface area contributed by atoms with Crippen LogP contribution in [-0.2, 0) is 4.79 Å². The van der Waals surface area contributed by atoms with Crippen LogP contribution in [0.25, 0.3) is 0 Å². The summed E-state index contributed by atoms with van der Waals surface area (Å²) in [6.45, 7) is 3.74.